The van der Waals surface area contributed by atoms with Gasteiger partial charge in [-0.1, -0.05) is 25.1 Å². The molecule has 2 heterocycles. The standard InChI is InChI=1S/C19H26N4O3/c1-4-20-19(22-11-15-10-16(13(2)3)23-26-15)21-8-7-14-5-6-17-18(9-14)25-12-24-17/h5-6,9-10,13H,4,7-8,11-12H2,1-3H3,(H2,20,21,22). The number of guanidine groups is 1. The van der Waals surface area contributed by atoms with E-state index in [2.05, 4.69) is 40.7 Å². The summed E-state index contributed by atoms with van der Waals surface area (Å²) in [6, 6.07) is 7.99. The quantitative estimate of drug-likeness (QED) is 0.585. The first-order valence-electron chi connectivity index (χ1n) is 9.02. The molecule has 140 valence electrons. The average Bonchev–Trinajstić information content (AvgIpc) is 3.28. The number of aliphatic imine (C=N–C) groups is 1. The summed E-state index contributed by atoms with van der Waals surface area (Å²) < 4.78 is 16.1. The molecule has 7 nitrogen and oxygen atoms in total. The van der Waals surface area contributed by atoms with Crippen LogP contribution in [0, 0.1) is 0 Å². The summed E-state index contributed by atoms with van der Waals surface area (Å²) in [7, 11) is 0. The van der Waals surface area contributed by atoms with E-state index in [1.807, 2.05) is 25.1 Å². The van der Waals surface area contributed by atoms with Crippen LogP contribution < -0.4 is 20.1 Å². The van der Waals surface area contributed by atoms with Gasteiger partial charge in [-0.05, 0) is 37.0 Å². The van der Waals surface area contributed by atoms with E-state index in [9.17, 15) is 0 Å². The molecular weight excluding hydrogens is 332 g/mol. The molecule has 2 N–H and O–H groups in total. The minimum absolute atomic E-state index is 0.300. The summed E-state index contributed by atoms with van der Waals surface area (Å²) in [5.74, 6) is 3.50. The highest BCUT2D eigenvalue weighted by atomic mass is 16.7. The van der Waals surface area contributed by atoms with Crippen molar-refractivity contribution in [2.24, 2.45) is 4.99 Å². The molecule has 0 spiro atoms. The van der Waals surface area contributed by atoms with Gasteiger partial charge in [-0.2, -0.15) is 0 Å². The molecular formula is C19H26N4O3. The summed E-state index contributed by atoms with van der Waals surface area (Å²) >= 11 is 0. The Balaban J connectivity index is 1.52. The van der Waals surface area contributed by atoms with Crippen LogP contribution in [0.5, 0.6) is 11.5 Å². The van der Waals surface area contributed by atoms with Crippen molar-refractivity contribution >= 4 is 5.96 Å². The van der Waals surface area contributed by atoms with E-state index in [4.69, 9.17) is 14.0 Å². The van der Waals surface area contributed by atoms with Gasteiger partial charge in [0.2, 0.25) is 6.79 Å². The number of benzene rings is 1. The summed E-state index contributed by atoms with van der Waals surface area (Å²) in [4.78, 5) is 4.56. The molecule has 0 aliphatic carbocycles. The predicted octanol–water partition coefficient (Wildman–Crippen LogP) is 2.82. The van der Waals surface area contributed by atoms with Crippen LogP contribution in [0.3, 0.4) is 0 Å². The van der Waals surface area contributed by atoms with Gasteiger partial charge in [0.05, 0.1) is 5.69 Å². The first kappa shape index (κ1) is 18.1. The first-order valence-corrected chi connectivity index (χ1v) is 9.02. The number of ether oxygens (including phenoxy) is 2. The largest absolute Gasteiger partial charge is 0.454 e. The maximum Gasteiger partial charge on any atom is 0.231 e. The Bertz CT molecular complexity index is 755. The van der Waals surface area contributed by atoms with Crippen molar-refractivity contribution in [2.45, 2.75) is 39.7 Å². The monoisotopic (exact) mass is 358 g/mol. The van der Waals surface area contributed by atoms with Gasteiger partial charge in [0, 0.05) is 19.2 Å². The van der Waals surface area contributed by atoms with Crippen molar-refractivity contribution in [2.75, 3.05) is 19.9 Å². The summed E-state index contributed by atoms with van der Waals surface area (Å²) in [5.41, 5.74) is 2.14. The van der Waals surface area contributed by atoms with Gasteiger partial charge in [0.15, 0.2) is 23.2 Å². The predicted molar refractivity (Wildman–Crippen MR) is 99.7 cm³/mol. The van der Waals surface area contributed by atoms with Crippen LogP contribution in [0.4, 0.5) is 0 Å². The highest BCUT2D eigenvalue weighted by Gasteiger charge is 2.13. The van der Waals surface area contributed by atoms with E-state index in [1.165, 1.54) is 5.56 Å². The fourth-order valence-corrected chi connectivity index (χ4v) is 2.60. The normalized spacial score (nSPS) is 13.3. The van der Waals surface area contributed by atoms with Crippen molar-refractivity contribution in [3.05, 3.63) is 41.3 Å². The summed E-state index contributed by atoms with van der Waals surface area (Å²) in [6.45, 7) is 8.54. The fraction of sp³-hybridized carbons (Fsp3) is 0.474. The lowest BCUT2D eigenvalue weighted by atomic mass is 10.1. The first-order chi connectivity index (χ1) is 12.7. The zero-order valence-corrected chi connectivity index (χ0v) is 15.5. The zero-order chi connectivity index (χ0) is 18.4. The lowest BCUT2D eigenvalue weighted by Gasteiger charge is -2.11. The molecule has 0 saturated heterocycles. The fourth-order valence-electron chi connectivity index (χ4n) is 2.60. The molecule has 1 aromatic carbocycles. The van der Waals surface area contributed by atoms with Gasteiger partial charge in [0.1, 0.15) is 6.54 Å². The average molecular weight is 358 g/mol. The second-order valence-electron chi connectivity index (χ2n) is 6.43. The minimum atomic E-state index is 0.300. The summed E-state index contributed by atoms with van der Waals surface area (Å²) in [5, 5.41) is 10.6. The molecule has 1 aliphatic heterocycles. The molecule has 2 aromatic rings. The molecule has 1 aromatic heterocycles. The molecule has 0 unspecified atom stereocenters. The minimum Gasteiger partial charge on any atom is -0.454 e. The van der Waals surface area contributed by atoms with Crippen molar-refractivity contribution in [3.8, 4) is 11.5 Å². The summed E-state index contributed by atoms with van der Waals surface area (Å²) in [6.07, 6.45) is 0.862. The Hall–Kier alpha value is -2.70. The second-order valence-corrected chi connectivity index (χ2v) is 6.43. The third-order valence-corrected chi connectivity index (χ3v) is 4.05. The van der Waals surface area contributed by atoms with Crippen molar-refractivity contribution in [3.63, 3.8) is 0 Å². The maximum absolute atomic E-state index is 5.42. The highest BCUT2D eigenvalue weighted by molar-refractivity contribution is 5.79. The van der Waals surface area contributed by atoms with E-state index in [-0.39, 0.29) is 0 Å². The zero-order valence-electron chi connectivity index (χ0n) is 15.5. The van der Waals surface area contributed by atoms with Crippen molar-refractivity contribution < 1.29 is 14.0 Å². The SMILES string of the molecule is CCNC(=NCc1cc(C(C)C)no1)NCCc1ccc2c(c1)OCO2. The third-order valence-electron chi connectivity index (χ3n) is 4.05. The Kier molecular flexibility index (Phi) is 5.99. The molecule has 0 amide bonds. The molecule has 1 aliphatic rings. The number of rotatable bonds is 7. The number of nitrogens with one attached hydrogen (secondary N) is 2. The number of fused-ring (bicyclic) bond motifs is 1. The lowest BCUT2D eigenvalue weighted by Crippen LogP contribution is -2.38. The maximum atomic E-state index is 5.42. The van der Waals surface area contributed by atoms with Crippen LogP contribution in [0.25, 0.3) is 0 Å². The molecule has 26 heavy (non-hydrogen) atoms. The van der Waals surface area contributed by atoms with Crippen LogP contribution in [0.2, 0.25) is 0 Å². The van der Waals surface area contributed by atoms with E-state index in [0.717, 1.165) is 48.4 Å². The van der Waals surface area contributed by atoms with Gasteiger partial charge in [0.25, 0.3) is 0 Å². The van der Waals surface area contributed by atoms with Crippen LogP contribution in [-0.2, 0) is 13.0 Å². The molecule has 0 saturated carbocycles. The molecule has 0 fully saturated rings. The van der Waals surface area contributed by atoms with E-state index in [0.29, 0.717) is 19.3 Å². The van der Waals surface area contributed by atoms with Gasteiger partial charge in [-0.25, -0.2) is 4.99 Å². The number of nitrogens with zero attached hydrogens (tertiary/aromatic N) is 2. The van der Waals surface area contributed by atoms with Crippen LogP contribution in [-0.4, -0.2) is 31.0 Å². The molecule has 0 atom stereocenters. The van der Waals surface area contributed by atoms with Gasteiger partial charge in [-0.3, -0.25) is 0 Å². The van der Waals surface area contributed by atoms with E-state index in [1.54, 1.807) is 0 Å². The Morgan fingerprint density at radius 1 is 1.19 bits per heavy atom. The Morgan fingerprint density at radius 2 is 2.04 bits per heavy atom. The van der Waals surface area contributed by atoms with Gasteiger partial charge >= 0.3 is 0 Å². The molecule has 7 heteroatoms. The number of aromatic nitrogens is 1. The Labute approximate surface area is 153 Å². The van der Waals surface area contributed by atoms with Crippen molar-refractivity contribution in [1.29, 1.82) is 0 Å². The topological polar surface area (TPSA) is 80.9 Å². The number of hydrogen-bond donors (Lipinski definition) is 2. The highest BCUT2D eigenvalue weighted by Crippen LogP contribution is 2.32. The molecule has 3 rings (SSSR count). The second kappa shape index (κ2) is 8.60. The van der Waals surface area contributed by atoms with Crippen molar-refractivity contribution in [1.82, 2.24) is 15.8 Å². The number of hydrogen-bond acceptors (Lipinski definition) is 5. The van der Waals surface area contributed by atoms with Gasteiger partial charge in [-0.15, -0.1) is 0 Å². The lowest BCUT2D eigenvalue weighted by molar-refractivity contribution is 0.174. The van der Waals surface area contributed by atoms with Crippen LogP contribution in [0.1, 0.15) is 43.7 Å². The third kappa shape index (κ3) is 4.68. The van der Waals surface area contributed by atoms with E-state index >= 15 is 0 Å². The Morgan fingerprint density at radius 3 is 2.81 bits per heavy atom. The van der Waals surface area contributed by atoms with Gasteiger partial charge < -0.3 is 24.6 Å². The smallest absolute Gasteiger partial charge is 0.231 e. The molecule has 0 radical (unpaired) electrons. The van der Waals surface area contributed by atoms with Crippen LogP contribution >= 0.6 is 0 Å². The van der Waals surface area contributed by atoms with E-state index < -0.39 is 0 Å². The van der Waals surface area contributed by atoms with Crippen LogP contribution in [0.15, 0.2) is 33.8 Å². The molecule has 0 bridgehead atoms.